The first-order valence-electron chi connectivity index (χ1n) is 13.2. The van der Waals surface area contributed by atoms with Crippen molar-refractivity contribution in [3.05, 3.63) is 41.6 Å². The number of benzene rings is 1. The first-order chi connectivity index (χ1) is 18.0. The van der Waals surface area contributed by atoms with Crippen LogP contribution in [0.1, 0.15) is 43.2 Å². The number of sulfonamides is 1. The summed E-state index contributed by atoms with van der Waals surface area (Å²) in [6.07, 6.45) is 7.18. The fraction of sp³-hybridized carbons (Fsp3) is 0.577. The predicted octanol–water partition coefficient (Wildman–Crippen LogP) is 2.57. The highest BCUT2D eigenvalue weighted by Gasteiger charge is 2.44. The second kappa shape index (κ2) is 10.2. The lowest BCUT2D eigenvalue weighted by atomic mass is 9.84. The lowest BCUT2D eigenvalue weighted by Gasteiger charge is -2.45. The zero-order valence-electron chi connectivity index (χ0n) is 22.0. The summed E-state index contributed by atoms with van der Waals surface area (Å²) in [4.78, 5) is 31.0. The SMILES string of the molecule is Cc1cc(CN2CCCC23CCN(C(=O)n2ccc(NS(C)(=O)=O)n2)CC3)cc(N2CCC(C(=O)O)C2)c1. The Hall–Kier alpha value is -3.12. The summed E-state index contributed by atoms with van der Waals surface area (Å²) in [6, 6.07) is 7.80. The zero-order valence-corrected chi connectivity index (χ0v) is 22.8. The number of nitrogens with one attached hydrogen (secondary N) is 1. The number of anilines is 2. The Morgan fingerprint density at radius 2 is 1.89 bits per heavy atom. The van der Waals surface area contributed by atoms with Crippen molar-refractivity contribution in [1.82, 2.24) is 19.6 Å². The third-order valence-electron chi connectivity index (χ3n) is 8.18. The van der Waals surface area contributed by atoms with Gasteiger partial charge >= 0.3 is 12.0 Å². The average molecular weight is 545 g/mol. The van der Waals surface area contributed by atoms with Crippen LogP contribution in [0.2, 0.25) is 0 Å². The third-order valence-corrected chi connectivity index (χ3v) is 8.76. The molecule has 0 radical (unpaired) electrons. The van der Waals surface area contributed by atoms with Crippen LogP contribution in [0.15, 0.2) is 30.5 Å². The van der Waals surface area contributed by atoms with Gasteiger partial charge in [-0.25, -0.2) is 13.2 Å². The summed E-state index contributed by atoms with van der Waals surface area (Å²) in [6.45, 7) is 6.49. The van der Waals surface area contributed by atoms with E-state index in [9.17, 15) is 23.1 Å². The minimum Gasteiger partial charge on any atom is -0.481 e. The van der Waals surface area contributed by atoms with Crippen molar-refractivity contribution in [3.8, 4) is 0 Å². The number of rotatable bonds is 6. The Balaban J connectivity index is 1.23. The first kappa shape index (κ1) is 26.5. The maximum Gasteiger partial charge on any atom is 0.344 e. The molecule has 11 nitrogen and oxygen atoms in total. The maximum atomic E-state index is 13.0. The van der Waals surface area contributed by atoms with Crippen LogP contribution in [0.4, 0.5) is 16.3 Å². The Kier molecular flexibility index (Phi) is 7.12. The standard InChI is InChI=1S/C26H36N6O5S/c1-19-14-20(16-22(15-19)30-10-4-21(18-30)24(33)34)17-31-9-3-6-26(31)7-12-29(13-8-26)25(35)32-11-5-23(27-32)28-38(2,36)37/h5,11,14-16,21H,3-4,6-10,12-13,17-18H2,1-2H3,(H,27,28)(H,33,34). The summed E-state index contributed by atoms with van der Waals surface area (Å²) in [5, 5.41) is 13.5. The number of piperidine rings is 1. The van der Waals surface area contributed by atoms with Gasteiger partial charge in [-0.3, -0.25) is 14.4 Å². The minimum absolute atomic E-state index is 0.0514. The number of carboxylic acid groups (broad SMARTS) is 1. The van der Waals surface area contributed by atoms with Gasteiger partial charge in [-0.2, -0.15) is 4.68 Å². The van der Waals surface area contributed by atoms with Gasteiger partial charge in [-0.1, -0.05) is 6.07 Å². The van der Waals surface area contributed by atoms with E-state index in [1.807, 2.05) is 0 Å². The lowest BCUT2D eigenvalue weighted by molar-refractivity contribution is -0.140. The molecule has 2 N–H and O–H groups in total. The number of hydrogen-bond donors (Lipinski definition) is 2. The number of carboxylic acids is 1. The number of carbonyl (C=O) groups is 2. The van der Waals surface area contributed by atoms with Gasteiger partial charge in [-0.05, 0) is 68.8 Å². The number of aliphatic carboxylic acids is 1. The monoisotopic (exact) mass is 544 g/mol. The summed E-state index contributed by atoms with van der Waals surface area (Å²) in [5.41, 5.74) is 3.56. The van der Waals surface area contributed by atoms with Crippen LogP contribution < -0.4 is 9.62 Å². The predicted molar refractivity (Wildman–Crippen MR) is 144 cm³/mol. The Morgan fingerprint density at radius 1 is 1.13 bits per heavy atom. The molecule has 3 aliphatic heterocycles. The number of aryl methyl sites for hydroxylation is 1. The molecule has 38 heavy (non-hydrogen) atoms. The molecule has 3 saturated heterocycles. The van der Waals surface area contributed by atoms with Crippen LogP contribution >= 0.6 is 0 Å². The number of aromatic nitrogens is 2. The van der Waals surface area contributed by atoms with Crippen LogP contribution in [0.25, 0.3) is 0 Å². The third kappa shape index (κ3) is 5.65. The molecule has 206 valence electrons. The highest BCUT2D eigenvalue weighted by molar-refractivity contribution is 7.92. The highest BCUT2D eigenvalue weighted by atomic mass is 32.2. The molecule has 0 saturated carbocycles. The molecule has 5 rings (SSSR count). The van der Waals surface area contributed by atoms with Gasteiger partial charge in [0.1, 0.15) is 0 Å². The van der Waals surface area contributed by atoms with Crippen LogP contribution in [-0.4, -0.2) is 89.6 Å². The highest BCUT2D eigenvalue weighted by Crippen LogP contribution is 2.40. The van der Waals surface area contributed by atoms with Crippen molar-refractivity contribution < 1.29 is 23.1 Å². The van der Waals surface area contributed by atoms with E-state index >= 15 is 0 Å². The molecular formula is C26H36N6O5S. The lowest BCUT2D eigenvalue weighted by Crippen LogP contribution is -2.53. The quantitative estimate of drug-likeness (QED) is 0.568. The van der Waals surface area contributed by atoms with Crippen LogP contribution in [0.3, 0.4) is 0 Å². The van der Waals surface area contributed by atoms with E-state index in [1.54, 1.807) is 4.90 Å². The number of hydrogen-bond acceptors (Lipinski definition) is 7. The summed E-state index contributed by atoms with van der Waals surface area (Å²) >= 11 is 0. The molecule has 1 aromatic carbocycles. The largest absolute Gasteiger partial charge is 0.481 e. The van der Waals surface area contributed by atoms with Crippen LogP contribution in [-0.2, 0) is 21.4 Å². The second-order valence-electron chi connectivity index (χ2n) is 11.0. The normalized spacial score (nSPS) is 21.8. The Bertz CT molecular complexity index is 1320. The van der Waals surface area contributed by atoms with Gasteiger partial charge in [0.05, 0.1) is 12.2 Å². The smallest absolute Gasteiger partial charge is 0.344 e. The molecule has 3 fully saturated rings. The number of nitrogens with zero attached hydrogens (tertiary/aromatic N) is 5. The van der Waals surface area contributed by atoms with E-state index in [4.69, 9.17) is 0 Å². The van der Waals surface area contributed by atoms with E-state index in [-0.39, 0.29) is 23.3 Å². The van der Waals surface area contributed by atoms with Crippen molar-refractivity contribution in [3.63, 3.8) is 0 Å². The average Bonchev–Trinajstić information content (AvgIpc) is 3.59. The topological polar surface area (TPSA) is 128 Å². The molecule has 1 aromatic heterocycles. The van der Waals surface area contributed by atoms with Crippen molar-refractivity contribution in [2.45, 2.75) is 51.1 Å². The molecule has 0 bridgehead atoms. The molecule has 4 heterocycles. The Labute approximate surface area is 223 Å². The van der Waals surface area contributed by atoms with Crippen molar-refractivity contribution in [1.29, 1.82) is 0 Å². The Morgan fingerprint density at radius 3 is 2.58 bits per heavy atom. The first-order valence-corrected chi connectivity index (χ1v) is 15.1. The van der Waals surface area contributed by atoms with Crippen molar-refractivity contribution in [2.24, 2.45) is 5.92 Å². The van der Waals surface area contributed by atoms with Crippen LogP contribution in [0.5, 0.6) is 0 Å². The van der Waals surface area contributed by atoms with Crippen molar-refractivity contribution in [2.75, 3.05) is 48.6 Å². The van der Waals surface area contributed by atoms with Crippen molar-refractivity contribution >= 4 is 33.5 Å². The van der Waals surface area contributed by atoms with Gasteiger partial charge in [0, 0.05) is 56.2 Å². The van der Waals surface area contributed by atoms with Gasteiger partial charge in [-0.15, -0.1) is 5.10 Å². The second-order valence-corrected chi connectivity index (χ2v) is 12.7. The van der Waals surface area contributed by atoms with E-state index in [0.29, 0.717) is 26.1 Å². The molecule has 0 aliphatic carbocycles. The fourth-order valence-electron chi connectivity index (χ4n) is 6.27. The van der Waals surface area contributed by atoms with Gasteiger partial charge in [0.2, 0.25) is 10.0 Å². The summed E-state index contributed by atoms with van der Waals surface area (Å²) in [7, 11) is -3.46. The molecule has 1 atom stereocenters. The molecule has 2 aromatic rings. The fourth-order valence-corrected chi connectivity index (χ4v) is 6.76. The van der Waals surface area contributed by atoms with E-state index in [1.165, 1.54) is 28.1 Å². The van der Waals surface area contributed by atoms with E-state index in [0.717, 1.165) is 57.3 Å². The number of likely N-dealkylation sites (tertiary alicyclic amines) is 2. The molecule has 3 aliphatic rings. The molecule has 12 heteroatoms. The molecule has 1 unspecified atom stereocenters. The van der Waals surface area contributed by atoms with E-state index < -0.39 is 16.0 Å². The summed E-state index contributed by atoms with van der Waals surface area (Å²) in [5.74, 6) is -0.901. The molecular weight excluding hydrogens is 508 g/mol. The maximum absolute atomic E-state index is 13.0. The molecule has 1 spiro atoms. The molecule has 1 amide bonds. The van der Waals surface area contributed by atoms with Gasteiger partial charge < -0.3 is 14.9 Å². The minimum atomic E-state index is -3.46. The summed E-state index contributed by atoms with van der Waals surface area (Å²) < 4.78 is 26.4. The van der Waals surface area contributed by atoms with Gasteiger partial charge in [0.15, 0.2) is 5.82 Å². The zero-order chi connectivity index (χ0) is 27.1. The van der Waals surface area contributed by atoms with Crippen LogP contribution in [0, 0.1) is 12.8 Å². The van der Waals surface area contributed by atoms with E-state index in [2.05, 4.69) is 44.7 Å². The number of amides is 1. The number of carbonyl (C=O) groups excluding carboxylic acids is 1. The van der Waals surface area contributed by atoms with Gasteiger partial charge in [0.25, 0.3) is 0 Å².